The number of benzene rings is 1. The van der Waals surface area contributed by atoms with Crippen LogP contribution in [0.4, 0.5) is 5.69 Å². The number of aliphatic carboxylic acids is 1. The standard InChI is InChI=1S/C11H12N2O6S/c1-2-7-12(8-11(14)15)20(18,19)10-6-4-3-5-9(10)13(16)17/h2-6H,1,7-8H2,(H,14,15). The molecule has 108 valence electrons. The molecule has 1 aromatic carbocycles. The van der Waals surface area contributed by atoms with Crippen molar-refractivity contribution in [1.29, 1.82) is 0 Å². The molecule has 0 aliphatic heterocycles. The molecule has 0 radical (unpaired) electrons. The lowest BCUT2D eigenvalue weighted by Crippen LogP contribution is -2.36. The van der Waals surface area contributed by atoms with Crippen LogP contribution >= 0.6 is 0 Å². The molecule has 1 rings (SSSR count). The van der Waals surface area contributed by atoms with Crippen molar-refractivity contribution in [2.75, 3.05) is 13.1 Å². The van der Waals surface area contributed by atoms with Crippen molar-refractivity contribution in [2.24, 2.45) is 0 Å². The number of nitro groups is 1. The van der Waals surface area contributed by atoms with Gasteiger partial charge in [0.25, 0.3) is 15.7 Å². The van der Waals surface area contributed by atoms with E-state index in [1.807, 2.05) is 0 Å². The minimum Gasteiger partial charge on any atom is -0.480 e. The zero-order valence-electron chi connectivity index (χ0n) is 10.3. The van der Waals surface area contributed by atoms with Crippen LogP contribution in [-0.2, 0) is 14.8 Å². The van der Waals surface area contributed by atoms with E-state index in [2.05, 4.69) is 6.58 Å². The number of carboxylic acids is 1. The lowest BCUT2D eigenvalue weighted by atomic mass is 10.3. The summed E-state index contributed by atoms with van der Waals surface area (Å²) in [4.78, 5) is 20.2. The molecule has 0 heterocycles. The van der Waals surface area contributed by atoms with Crippen molar-refractivity contribution in [3.63, 3.8) is 0 Å². The van der Waals surface area contributed by atoms with E-state index in [1.54, 1.807) is 0 Å². The summed E-state index contributed by atoms with van der Waals surface area (Å²) in [7, 11) is -4.29. The molecule has 1 N–H and O–H groups in total. The Morgan fingerprint density at radius 3 is 2.55 bits per heavy atom. The molecule has 0 saturated heterocycles. The van der Waals surface area contributed by atoms with Gasteiger partial charge in [-0.25, -0.2) is 8.42 Å². The molecule has 0 aliphatic rings. The van der Waals surface area contributed by atoms with Crippen LogP contribution in [0.1, 0.15) is 0 Å². The van der Waals surface area contributed by atoms with E-state index in [-0.39, 0.29) is 6.54 Å². The maximum Gasteiger partial charge on any atom is 0.318 e. The zero-order valence-corrected chi connectivity index (χ0v) is 11.1. The summed E-state index contributed by atoms with van der Waals surface area (Å²) in [5, 5.41) is 19.6. The molecule has 0 amide bonds. The van der Waals surface area contributed by atoms with Crippen LogP contribution in [-0.4, -0.2) is 41.8 Å². The molecule has 0 fully saturated rings. The highest BCUT2D eigenvalue weighted by Crippen LogP contribution is 2.26. The van der Waals surface area contributed by atoms with E-state index in [0.717, 1.165) is 12.1 Å². The second kappa shape index (κ2) is 6.26. The third kappa shape index (κ3) is 3.39. The molecule has 0 bridgehead atoms. The minimum atomic E-state index is -4.29. The Morgan fingerprint density at radius 2 is 2.05 bits per heavy atom. The van der Waals surface area contributed by atoms with Gasteiger partial charge in [-0.05, 0) is 6.07 Å². The maximum atomic E-state index is 12.3. The van der Waals surface area contributed by atoms with Crippen LogP contribution in [0, 0.1) is 10.1 Å². The molecule has 0 aromatic heterocycles. The SMILES string of the molecule is C=CCN(CC(=O)O)S(=O)(=O)c1ccccc1[N+](=O)[O-]. The molecule has 0 unspecified atom stereocenters. The number of para-hydroxylation sites is 1. The molecule has 20 heavy (non-hydrogen) atoms. The van der Waals surface area contributed by atoms with Gasteiger partial charge in [-0.3, -0.25) is 14.9 Å². The van der Waals surface area contributed by atoms with Gasteiger partial charge in [-0.15, -0.1) is 6.58 Å². The Bertz CT molecular complexity index is 640. The summed E-state index contributed by atoms with van der Waals surface area (Å²) in [6.07, 6.45) is 1.20. The topological polar surface area (TPSA) is 118 Å². The van der Waals surface area contributed by atoms with Crippen molar-refractivity contribution in [3.05, 3.63) is 47.0 Å². The number of hydrogen-bond donors (Lipinski definition) is 1. The predicted molar refractivity (Wildman–Crippen MR) is 69.7 cm³/mol. The second-order valence-corrected chi connectivity index (χ2v) is 5.61. The first-order chi connectivity index (χ1) is 9.30. The lowest BCUT2D eigenvalue weighted by Gasteiger charge is -2.18. The Morgan fingerprint density at radius 1 is 1.45 bits per heavy atom. The first-order valence-electron chi connectivity index (χ1n) is 5.37. The summed E-state index contributed by atoms with van der Waals surface area (Å²) >= 11 is 0. The van der Waals surface area contributed by atoms with Gasteiger partial charge in [0.05, 0.1) is 4.92 Å². The third-order valence-corrected chi connectivity index (χ3v) is 4.18. The predicted octanol–water partition coefficient (Wildman–Crippen LogP) is 0.856. The van der Waals surface area contributed by atoms with Gasteiger partial charge >= 0.3 is 5.97 Å². The lowest BCUT2D eigenvalue weighted by molar-refractivity contribution is -0.387. The maximum absolute atomic E-state index is 12.3. The van der Waals surface area contributed by atoms with Crippen LogP contribution in [0.3, 0.4) is 0 Å². The van der Waals surface area contributed by atoms with E-state index in [9.17, 15) is 23.3 Å². The first kappa shape index (κ1) is 15.8. The van der Waals surface area contributed by atoms with Gasteiger partial charge in [0, 0.05) is 12.6 Å². The molecular formula is C11H12N2O6S. The Labute approximate surface area is 115 Å². The molecule has 0 atom stereocenters. The van der Waals surface area contributed by atoms with E-state index in [4.69, 9.17) is 5.11 Å². The Kier molecular flexibility index (Phi) is 4.94. The van der Waals surface area contributed by atoms with Gasteiger partial charge in [-0.1, -0.05) is 18.2 Å². The summed E-state index contributed by atoms with van der Waals surface area (Å²) in [6, 6.07) is 4.75. The van der Waals surface area contributed by atoms with Gasteiger partial charge in [0.2, 0.25) is 0 Å². The quantitative estimate of drug-likeness (QED) is 0.453. The van der Waals surface area contributed by atoms with Crippen LogP contribution in [0.15, 0.2) is 41.8 Å². The zero-order chi connectivity index (χ0) is 15.3. The molecular weight excluding hydrogens is 288 g/mol. The highest BCUT2D eigenvalue weighted by molar-refractivity contribution is 7.89. The average molecular weight is 300 g/mol. The minimum absolute atomic E-state index is 0.263. The normalized spacial score (nSPS) is 11.2. The Balaban J connectivity index is 3.36. The molecule has 9 heteroatoms. The fourth-order valence-electron chi connectivity index (χ4n) is 1.51. The summed E-state index contributed by atoms with van der Waals surface area (Å²) < 4.78 is 25.2. The van der Waals surface area contributed by atoms with E-state index in [0.29, 0.717) is 4.31 Å². The molecule has 1 aromatic rings. The van der Waals surface area contributed by atoms with Crippen LogP contribution in [0.2, 0.25) is 0 Å². The van der Waals surface area contributed by atoms with Crippen molar-refractivity contribution in [2.45, 2.75) is 4.90 Å². The van der Waals surface area contributed by atoms with Crippen LogP contribution < -0.4 is 0 Å². The van der Waals surface area contributed by atoms with E-state index < -0.39 is 38.0 Å². The highest BCUT2D eigenvalue weighted by Gasteiger charge is 2.31. The summed E-state index contributed by atoms with van der Waals surface area (Å²) in [5.74, 6) is -1.37. The monoisotopic (exact) mass is 300 g/mol. The number of carbonyl (C=O) groups is 1. The number of nitrogens with zero attached hydrogens (tertiary/aromatic N) is 2. The largest absolute Gasteiger partial charge is 0.480 e. The summed E-state index contributed by atoms with van der Waals surface area (Å²) in [5.41, 5.74) is -0.605. The van der Waals surface area contributed by atoms with Gasteiger partial charge < -0.3 is 5.11 Å². The van der Waals surface area contributed by atoms with E-state index in [1.165, 1.54) is 18.2 Å². The third-order valence-electron chi connectivity index (χ3n) is 2.32. The Hall–Kier alpha value is -2.26. The van der Waals surface area contributed by atoms with Crippen molar-refractivity contribution in [1.82, 2.24) is 4.31 Å². The van der Waals surface area contributed by atoms with Gasteiger partial charge in [-0.2, -0.15) is 4.31 Å². The molecule has 8 nitrogen and oxygen atoms in total. The number of rotatable bonds is 7. The van der Waals surface area contributed by atoms with Crippen LogP contribution in [0.25, 0.3) is 0 Å². The molecule has 0 spiro atoms. The first-order valence-corrected chi connectivity index (χ1v) is 6.81. The fourth-order valence-corrected chi connectivity index (χ4v) is 3.03. The number of hydrogen-bond acceptors (Lipinski definition) is 5. The molecule has 0 saturated carbocycles. The number of carboxylic acid groups (broad SMARTS) is 1. The smallest absolute Gasteiger partial charge is 0.318 e. The van der Waals surface area contributed by atoms with E-state index >= 15 is 0 Å². The average Bonchev–Trinajstić information content (AvgIpc) is 2.37. The number of sulfonamides is 1. The molecule has 0 aliphatic carbocycles. The van der Waals surface area contributed by atoms with Gasteiger partial charge in [0.15, 0.2) is 4.90 Å². The van der Waals surface area contributed by atoms with Crippen molar-refractivity contribution < 1.29 is 23.2 Å². The van der Waals surface area contributed by atoms with Gasteiger partial charge in [0.1, 0.15) is 6.54 Å². The number of nitro benzene ring substituents is 1. The van der Waals surface area contributed by atoms with Crippen molar-refractivity contribution >= 4 is 21.7 Å². The second-order valence-electron chi connectivity index (χ2n) is 3.70. The fraction of sp³-hybridized carbons (Fsp3) is 0.182. The summed E-state index contributed by atoms with van der Waals surface area (Å²) in [6.45, 7) is 2.27. The van der Waals surface area contributed by atoms with Crippen LogP contribution in [0.5, 0.6) is 0 Å². The van der Waals surface area contributed by atoms with Crippen molar-refractivity contribution in [3.8, 4) is 0 Å². The highest BCUT2D eigenvalue weighted by atomic mass is 32.2.